The van der Waals surface area contributed by atoms with Gasteiger partial charge in [-0.15, -0.1) is 0 Å². The van der Waals surface area contributed by atoms with E-state index in [0.29, 0.717) is 12.3 Å². The van der Waals surface area contributed by atoms with E-state index < -0.39 is 10.0 Å². The van der Waals surface area contributed by atoms with Crippen molar-refractivity contribution in [3.63, 3.8) is 0 Å². The highest BCUT2D eigenvalue weighted by atomic mass is 32.2. The highest BCUT2D eigenvalue weighted by molar-refractivity contribution is 7.92. The van der Waals surface area contributed by atoms with Crippen LogP contribution in [0.1, 0.15) is 11.1 Å². The molecule has 0 aliphatic rings. The smallest absolute Gasteiger partial charge is 0.229 e. The fourth-order valence-corrected chi connectivity index (χ4v) is 2.88. The van der Waals surface area contributed by atoms with Crippen molar-refractivity contribution in [2.75, 3.05) is 24.7 Å². The number of methoxy groups -OCH3 is 1. The quantitative estimate of drug-likeness (QED) is 0.889. The largest absolute Gasteiger partial charge is 0.384 e. The van der Waals surface area contributed by atoms with E-state index in [4.69, 9.17) is 4.74 Å². The SMILES string of the molecule is COCCc1cccc(-c2cc(NS(C)(=O)=O)ccc2C)c1. The van der Waals surface area contributed by atoms with E-state index in [1.54, 1.807) is 13.2 Å². The second-order valence-corrected chi connectivity index (χ2v) is 7.10. The Morgan fingerprint density at radius 2 is 1.91 bits per heavy atom. The van der Waals surface area contributed by atoms with Crippen molar-refractivity contribution in [2.45, 2.75) is 13.3 Å². The molecule has 0 amide bonds. The van der Waals surface area contributed by atoms with E-state index in [1.807, 2.05) is 31.2 Å². The maximum Gasteiger partial charge on any atom is 0.229 e. The molecule has 2 aromatic carbocycles. The van der Waals surface area contributed by atoms with Crippen LogP contribution in [0.25, 0.3) is 11.1 Å². The summed E-state index contributed by atoms with van der Waals surface area (Å²) < 4.78 is 30.4. The average molecular weight is 319 g/mol. The van der Waals surface area contributed by atoms with Gasteiger partial charge in [0, 0.05) is 12.8 Å². The van der Waals surface area contributed by atoms with Gasteiger partial charge in [0.25, 0.3) is 0 Å². The first kappa shape index (κ1) is 16.5. The molecule has 1 N–H and O–H groups in total. The average Bonchev–Trinajstić information content (AvgIpc) is 2.46. The molecule has 5 heteroatoms. The zero-order valence-electron chi connectivity index (χ0n) is 13.1. The zero-order chi connectivity index (χ0) is 16.2. The molecule has 2 rings (SSSR count). The lowest BCUT2D eigenvalue weighted by atomic mass is 9.97. The van der Waals surface area contributed by atoms with Gasteiger partial charge in [-0.2, -0.15) is 0 Å². The lowest BCUT2D eigenvalue weighted by Crippen LogP contribution is -2.09. The Morgan fingerprint density at radius 3 is 2.59 bits per heavy atom. The molecule has 0 aliphatic heterocycles. The van der Waals surface area contributed by atoms with Gasteiger partial charge in [-0.3, -0.25) is 4.72 Å². The van der Waals surface area contributed by atoms with Gasteiger partial charge in [0.15, 0.2) is 0 Å². The van der Waals surface area contributed by atoms with Crippen LogP contribution < -0.4 is 4.72 Å². The second kappa shape index (κ2) is 6.94. The Hall–Kier alpha value is -1.85. The van der Waals surface area contributed by atoms with Crippen LogP contribution in [0.2, 0.25) is 0 Å². The molecular formula is C17H21NO3S. The summed E-state index contributed by atoms with van der Waals surface area (Å²) in [7, 11) is -1.59. The van der Waals surface area contributed by atoms with E-state index >= 15 is 0 Å². The summed E-state index contributed by atoms with van der Waals surface area (Å²) in [4.78, 5) is 0. The summed E-state index contributed by atoms with van der Waals surface area (Å²) in [5.41, 5.74) is 4.96. The number of sulfonamides is 1. The molecule has 0 atom stereocenters. The Kier molecular flexibility index (Phi) is 5.21. The second-order valence-electron chi connectivity index (χ2n) is 5.35. The van der Waals surface area contributed by atoms with Crippen molar-refractivity contribution >= 4 is 15.7 Å². The minimum Gasteiger partial charge on any atom is -0.384 e. The van der Waals surface area contributed by atoms with Crippen molar-refractivity contribution in [3.8, 4) is 11.1 Å². The normalized spacial score (nSPS) is 11.4. The third-order valence-corrected chi connectivity index (χ3v) is 3.98. The number of benzene rings is 2. The van der Waals surface area contributed by atoms with Gasteiger partial charge in [0.05, 0.1) is 12.9 Å². The number of nitrogens with one attached hydrogen (secondary N) is 1. The van der Waals surface area contributed by atoms with Crippen molar-refractivity contribution in [2.24, 2.45) is 0 Å². The number of rotatable bonds is 6. The number of ether oxygens (including phenoxy) is 1. The molecule has 0 bridgehead atoms. The lowest BCUT2D eigenvalue weighted by molar-refractivity contribution is 0.202. The van der Waals surface area contributed by atoms with Gasteiger partial charge < -0.3 is 4.74 Å². The third kappa shape index (κ3) is 4.58. The van der Waals surface area contributed by atoms with Crippen LogP contribution in [0.15, 0.2) is 42.5 Å². The molecule has 4 nitrogen and oxygen atoms in total. The van der Waals surface area contributed by atoms with Crippen molar-refractivity contribution < 1.29 is 13.2 Å². The first-order valence-electron chi connectivity index (χ1n) is 7.06. The maximum absolute atomic E-state index is 11.4. The summed E-state index contributed by atoms with van der Waals surface area (Å²) in [6.45, 7) is 2.69. The standard InChI is InChI=1S/C17H21NO3S/c1-13-7-8-16(18-22(3,19)20)12-17(13)15-6-4-5-14(11-15)9-10-21-2/h4-8,11-12,18H,9-10H2,1-3H3. The van der Waals surface area contributed by atoms with Crippen LogP contribution in [0.5, 0.6) is 0 Å². The van der Waals surface area contributed by atoms with Crippen LogP contribution in [0.3, 0.4) is 0 Å². The Labute approximate surface area is 132 Å². The van der Waals surface area contributed by atoms with Crippen molar-refractivity contribution in [1.82, 2.24) is 0 Å². The van der Waals surface area contributed by atoms with Gasteiger partial charge in [-0.05, 0) is 47.7 Å². The van der Waals surface area contributed by atoms with Gasteiger partial charge in [0.2, 0.25) is 10.0 Å². The maximum atomic E-state index is 11.4. The number of anilines is 1. The summed E-state index contributed by atoms with van der Waals surface area (Å²) >= 11 is 0. The van der Waals surface area contributed by atoms with Crippen LogP contribution in [-0.4, -0.2) is 28.4 Å². The van der Waals surface area contributed by atoms with Gasteiger partial charge in [-0.25, -0.2) is 8.42 Å². The van der Waals surface area contributed by atoms with Crippen LogP contribution >= 0.6 is 0 Å². The Balaban J connectivity index is 2.37. The van der Waals surface area contributed by atoms with Crippen LogP contribution in [0.4, 0.5) is 5.69 Å². The third-order valence-electron chi connectivity index (χ3n) is 3.37. The summed E-state index contributed by atoms with van der Waals surface area (Å²) in [6.07, 6.45) is 2.00. The van der Waals surface area contributed by atoms with Crippen LogP contribution in [-0.2, 0) is 21.2 Å². The Bertz CT molecular complexity index is 754. The molecule has 118 valence electrons. The van der Waals surface area contributed by atoms with E-state index in [2.05, 4.69) is 16.9 Å². The van der Waals surface area contributed by atoms with Crippen molar-refractivity contribution in [1.29, 1.82) is 0 Å². The molecule has 0 saturated carbocycles. The molecule has 0 saturated heterocycles. The molecule has 0 heterocycles. The van der Waals surface area contributed by atoms with Gasteiger partial charge >= 0.3 is 0 Å². The monoisotopic (exact) mass is 319 g/mol. The summed E-state index contributed by atoms with van der Waals surface area (Å²) in [5, 5.41) is 0. The minimum absolute atomic E-state index is 0.574. The molecule has 0 fully saturated rings. The molecule has 2 aromatic rings. The predicted molar refractivity (Wildman–Crippen MR) is 90.7 cm³/mol. The number of hydrogen-bond acceptors (Lipinski definition) is 3. The first-order valence-corrected chi connectivity index (χ1v) is 8.95. The van der Waals surface area contributed by atoms with E-state index in [1.165, 1.54) is 5.56 Å². The zero-order valence-corrected chi connectivity index (χ0v) is 13.9. The molecular weight excluding hydrogens is 298 g/mol. The van der Waals surface area contributed by atoms with E-state index in [-0.39, 0.29) is 0 Å². The van der Waals surface area contributed by atoms with E-state index in [9.17, 15) is 8.42 Å². The predicted octanol–water partition coefficient (Wildman–Crippen LogP) is 3.22. The summed E-state index contributed by atoms with van der Waals surface area (Å²) in [6, 6.07) is 13.8. The number of aryl methyl sites for hydroxylation is 1. The molecule has 0 aromatic heterocycles. The highest BCUT2D eigenvalue weighted by Crippen LogP contribution is 2.27. The highest BCUT2D eigenvalue weighted by Gasteiger charge is 2.07. The summed E-state index contributed by atoms with van der Waals surface area (Å²) in [5.74, 6) is 0. The van der Waals surface area contributed by atoms with E-state index in [0.717, 1.165) is 29.4 Å². The van der Waals surface area contributed by atoms with Crippen molar-refractivity contribution in [3.05, 3.63) is 53.6 Å². The van der Waals surface area contributed by atoms with Crippen LogP contribution in [0, 0.1) is 6.92 Å². The Morgan fingerprint density at radius 1 is 1.14 bits per heavy atom. The number of hydrogen-bond donors (Lipinski definition) is 1. The fourth-order valence-electron chi connectivity index (χ4n) is 2.32. The molecule has 22 heavy (non-hydrogen) atoms. The molecule has 0 aliphatic carbocycles. The fraction of sp³-hybridized carbons (Fsp3) is 0.294. The lowest BCUT2D eigenvalue weighted by Gasteiger charge is -2.11. The van der Waals surface area contributed by atoms with Gasteiger partial charge in [-0.1, -0.05) is 30.3 Å². The molecule has 0 radical (unpaired) electrons. The minimum atomic E-state index is -3.28. The first-order chi connectivity index (χ1) is 10.4. The van der Waals surface area contributed by atoms with Gasteiger partial charge in [0.1, 0.15) is 0 Å². The molecule has 0 unspecified atom stereocenters. The topological polar surface area (TPSA) is 55.4 Å². The molecule has 0 spiro atoms.